The van der Waals surface area contributed by atoms with Gasteiger partial charge < -0.3 is 9.72 Å². The van der Waals surface area contributed by atoms with E-state index in [4.69, 9.17) is 4.74 Å². The van der Waals surface area contributed by atoms with Crippen LogP contribution in [0.5, 0.6) is 0 Å². The van der Waals surface area contributed by atoms with Crippen molar-refractivity contribution in [1.29, 1.82) is 0 Å². The maximum absolute atomic E-state index is 11.5. The first-order valence-electron chi connectivity index (χ1n) is 5.63. The van der Waals surface area contributed by atoms with Crippen molar-refractivity contribution in [2.24, 2.45) is 0 Å². The molecule has 0 fully saturated rings. The lowest BCUT2D eigenvalue weighted by molar-refractivity contribution is 0.0634. The van der Waals surface area contributed by atoms with Crippen LogP contribution in [0, 0.1) is 0 Å². The van der Waals surface area contributed by atoms with Gasteiger partial charge in [-0.15, -0.1) is 0 Å². The van der Waals surface area contributed by atoms with Gasteiger partial charge in [0.2, 0.25) is 5.95 Å². The predicted octanol–water partition coefficient (Wildman–Crippen LogP) is 3.05. The van der Waals surface area contributed by atoms with Gasteiger partial charge in [0.1, 0.15) is 5.60 Å². The first-order valence-corrected chi connectivity index (χ1v) is 5.63. The Morgan fingerprint density at radius 2 is 1.88 bits per heavy atom. The largest absolute Gasteiger partial charge is 0.444 e. The van der Waals surface area contributed by atoms with Crippen molar-refractivity contribution in [2.45, 2.75) is 52.6 Å². The van der Waals surface area contributed by atoms with E-state index in [1.54, 1.807) is 6.20 Å². The van der Waals surface area contributed by atoms with E-state index in [1.165, 1.54) is 0 Å². The molecule has 96 valence electrons. The number of aromatic amines is 1. The predicted molar refractivity (Wildman–Crippen MR) is 67.1 cm³/mol. The Kier molecular flexibility index (Phi) is 3.50. The zero-order chi connectivity index (χ0) is 13.3. The monoisotopic (exact) mass is 239 g/mol. The molecule has 0 spiro atoms. The molecule has 5 heteroatoms. The van der Waals surface area contributed by atoms with E-state index in [-0.39, 0.29) is 5.41 Å². The Balaban J connectivity index is 2.65. The van der Waals surface area contributed by atoms with Crippen LogP contribution >= 0.6 is 0 Å². The van der Waals surface area contributed by atoms with Crippen molar-refractivity contribution in [2.75, 3.05) is 5.32 Å². The molecule has 0 saturated carbocycles. The normalized spacial score (nSPS) is 12.4. The third-order valence-electron chi connectivity index (χ3n) is 2.00. The van der Waals surface area contributed by atoms with Crippen LogP contribution in [0.2, 0.25) is 0 Å². The number of H-pyrrole nitrogens is 1. The van der Waals surface area contributed by atoms with E-state index in [1.807, 2.05) is 20.8 Å². The fourth-order valence-electron chi connectivity index (χ4n) is 1.17. The fourth-order valence-corrected chi connectivity index (χ4v) is 1.17. The summed E-state index contributed by atoms with van der Waals surface area (Å²) < 4.78 is 5.13. The van der Waals surface area contributed by atoms with Crippen LogP contribution < -0.4 is 5.32 Å². The van der Waals surface area contributed by atoms with Gasteiger partial charge in [0.15, 0.2) is 0 Å². The number of rotatable bonds is 1. The zero-order valence-corrected chi connectivity index (χ0v) is 11.3. The van der Waals surface area contributed by atoms with Crippen molar-refractivity contribution in [1.82, 2.24) is 9.97 Å². The topological polar surface area (TPSA) is 67.0 Å². The number of nitrogens with one attached hydrogen (secondary N) is 2. The van der Waals surface area contributed by atoms with Crippen LogP contribution in [0.1, 0.15) is 47.2 Å². The molecule has 0 bridgehead atoms. The molecular formula is C12H21N3O2. The van der Waals surface area contributed by atoms with Crippen LogP contribution in [0.15, 0.2) is 6.20 Å². The number of imidazole rings is 1. The SMILES string of the molecule is CC(C)(C)OC(=O)Nc1ncc(C(C)(C)C)[nH]1. The summed E-state index contributed by atoms with van der Waals surface area (Å²) in [5, 5.41) is 2.56. The highest BCUT2D eigenvalue weighted by atomic mass is 16.6. The standard InChI is InChI=1S/C12H21N3O2/c1-11(2,3)8-7-13-9(14-8)15-10(16)17-12(4,5)6/h7H,1-6H3,(H2,13,14,15,16). The van der Waals surface area contributed by atoms with Crippen LogP contribution in [0.4, 0.5) is 10.7 Å². The molecule has 0 aromatic carbocycles. The molecule has 2 N–H and O–H groups in total. The number of amides is 1. The number of carbonyl (C=O) groups is 1. The first-order chi connectivity index (χ1) is 7.58. The Labute approximate surface area is 102 Å². The maximum Gasteiger partial charge on any atom is 0.414 e. The highest BCUT2D eigenvalue weighted by molar-refractivity contribution is 5.82. The number of nitrogens with zero attached hydrogens (tertiary/aromatic N) is 1. The second kappa shape index (κ2) is 4.39. The van der Waals surface area contributed by atoms with Gasteiger partial charge in [-0.3, -0.25) is 5.32 Å². The second-order valence-corrected chi connectivity index (χ2v) is 6.02. The lowest BCUT2D eigenvalue weighted by atomic mass is 9.93. The van der Waals surface area contributed by atoms with Gasteiger partial charge in [-0.25, -0.2) is 9.78 Å². The Hall–Kier alpha value is -1.52. The van der Waals surface area contributed by atoms with E-state index < -0.39 is 11.7 Å². The van der Waals surface area contributed by atoms with Crippen LogP contribution in [0.3, 0.4) is 0 Å². The highest BCUT2D eigenvalue weighted by Crippen LogP contribution is 2.21. The molecule has 0 radical (unpaired) electrons. The Morgan fingerprint density at radius 3 is 2.29 bits per heavy atom. The minimum Gasteiger partial charge on any atom is -0.444 e. The van der Waals surface area contributed by atoms with E-state index in [0.717, 1.165) is 5.69 Å². The van der Waals surface area contributed by atoms with Gasteiger partial charge in [0.05, 0.1) is 6.20 Å². The summed E-state index contributed by atoms with van der Waals surface area (Å²) in [7, 11) is 0. The average Bonchev–Trinajstić information content (AvgIpc) is 2.47. The lowest BCUT2D eigenvalue weighted by Gasteiger charge is -2.19. The molecule has 0 unspecified atom stereocenters. The van der Waals surface area contributed by atoms with Crippen molar-refractivity contribution in [3.8, 4) is 0 Å². The minimum atomic E-state index is -0.510. The van der Waals surface area contributed by atoms with Crippen molar-refractivity contribution in [3.05, 3.63) is 11.9 Å². The molecule has 0 aliphatic heterocycles. The minimum absolute atomic E-state index is 0.0269. The van der Waals surface area contributed by atoms with Gasteiger partial charge in [0.25, 0.3) is 0 Å². The molecule has 1 heterocycles. The van der Waals surface area contributed by atoms with E-state index >= 15 is 0 Å². The molecule has 0 saturated heterocycles. The summed E-state index contributed by atoms with van der Waals surface area (Å²) >= 11 is 0. The zero-order valence-electron chi connectivity index (χ0n) is 11.3. The van der Waals surface area contributed by atoms with Crippen molar-refractivity contribution in [3.63, 3.8) is 0 Å². The van der Waals surface area contributed by atoms with Gasteiger partial charge in [-0.2, -0.15) is 0 Å². The van der Waals surface area contributed by atoms with E-state index in [0.29, 0.717) is 5.95 Å². The van der Waals surface area contributed by atoms with Crippen LogP contribution in [-0.4, -0.2) is 21.7 Å². The smallest absolute Gasteiger partial charge is 0.414 e. The lowest BCUT2D eigenvalue weighted by Crippen LogP contribution is -2.27. The van der Waals surface area contributed by atoms with Crippen molar-refractivity contribution < 1.29 is 9.53 Å². The summed E-state index contributed by atoms with van der Waals surface area (Å²) in [6, 6.07) is 0. The van der Waals surface area contributed by atoms with Gasteiger partial charge in [0, 0.05) is 11.1 Å². The van der Waals surface area contributed by atoms with E-state index in [9.17, 15) is 4.79 Å². The van der Waals surface area contributed by atoms with Crippen LogP contribution in [-0.2, 0) is 10.2 Å². The highest BCUT2D eigenvalue weighted by Gasteiger charge is 2.19. The summed E-state index contributed by atoms with van der Waals surface area (Å²) in [4.78, 5) is 18.6. The molecular weight excluding hydrogens is 218 g/mol. The summed E-state index contributed by atoms with van der Waals surface area (Å²) in [6.07, 6.45) is 1.21. The Morgan fingerprint density at radius 1 is 1.29 bits per heavy atom. The van der Waals surface area contributed by atoms with Gasteiger partial charge >= 0.3 is 6.09 Å². The molecule has 17 heavy (non-hydrogen) atoms. The number of hydrogen-bond donors (Lipinski definition) is 2. The number of ether oxygens (including phenoxy) is 1. The number of hydrogen-bond acceptors (Lipinski definition) is 3. The molecule has 0 aliphatic rings. The van der Waals surface area contributed by atoms with Crippen LogP contribution in [0.25, 0.3) is 0 Å². The third-order valence-corrected chi connectivity index (χ3v) is 2.00. The molecule has 0 atom stereocenters. The molecule has 5 nitrogen and oxygen atoms in total. The van der Waals surface area contributed by atoms with Gasteiger partial charge in [-0.1, -0.05) is 20.8 Å². The molecule has 1 rings (SSSR count). The number of carbonyl (C=O) groups excluding carboxylic acids is 1. The Bertz CT molecular complexity index is 397. The third kappa shape index (κ3) is 4.46. The average molecular weight is 239 g/mol. The quantitative estimate of drug-likeness (QED) is 0.791. The summed E-state index contributed by atoms with van der Waals surface area (Å²) in [5.41, 5.74) is 0.424. The molecule has 1 aromatic rings. The van der Waals surface area contributed by atoms with E-state index in [2.05, 4.69) is 36.1 Å². The summed E-state index contributed by atoms with van der Waals surface area (Å²) in [5.74, 6) is 0.407. The molecule has 0 aliphatic carbocycles. The molecule has 1 amide bonds. The fraction of sp³-hybridized carbons (Fsp3) is 0.667. The number of anilines is 1. The van der Waals surface area contributed by atoms with Crippen molar-refractivity contribution >= 4 is 12.0 Å². The summed E-state index contributed by atoms with van der Waals surface area (Å²) in [6.45, 7) is 11.6. The first kappa shape index (κ1) is 13.5. The molecule has 1 aromatic heterocycles. The second-order valence-electron chi connectivity index (χ2n) is 6.02. The number of aromatic nitrogens is 2. The maximum atomic E-state index is 11.5. The van der Waals surface area contributed by atoms with Gasteiger partial charge in [-0.05, 0) is 20.8 Å².